The molecule has 0 aliphatic rings. The topological polar surface area (TPSA) is 224 Å². The van der Waals surface area contributed by atoms with Gasteiger partial charge in [0.25, 0.3) is 0 Å². The fraction of sp³-hybridized carbons (Fsp3) is 0.0143. The summed E-state index contributed by atoms with van der Waals surface area (Å²) in [6, 6.07) is 68.8. The zero-order valence-corrected chi connectivity index (χ0v) is 43.4. The van der Waals surface area contributed by atoms with Crippen molar-refractivity contribution in [2.24, 2.45) is 0 Å². The zero-order chi connectivity index (χ0) is 58.6. The van der Waals surface area contributed by atoms with Crippen molar-refractivity contribution in [1.29, 1.82) is 47.4 Å². The van der Waals surface area contributed by atoms with Crippen LogP contribution in [0, 0.1) is 102 Å². The Morgan fingerprint density at radius 3 is 0.869 bits per heavy atom. The van der Waals surface area contributed by atoms with E-state index in [1.165, 1.54) is 30.3 Å². The number of halogens is 3. The Bertz CT molecular complexity index is 4760. The second-order valence-corrected chi connectivity index (χ2v) is 19.6. The Kier molecular flexibility index (Phi) is 12.5. The first kappa shape index (κ1) is 51.7. The number of benzene rings is 10. The van der Waals surface area contributed by atoms with Gasteiger partial charge in [-0.25, -0.2) is 0 Å². The van der Waals surface area contributed by atoms with Gasteiger partial charge in [-0.3, -0.25) is 0 Å². The third-order valence-electron chi connectivity index (χ3n) is 15.0. The molecule has 0 aliphatic heterocycles. The van der Waals surface area contributed by atoms with Crippen LogP contribution in [0.25, 0.3) is 111 Å². The molecule has 0 fully saturated rings. The summed E-state index contributed by atoms with van der Waals surface area (Å²) >= 11 is 0. The molecular formula is C70H30F3N11. The van der Waals surface area contributed by atoms with Gasteiger partial charge in [-0.2, -0.15) is 60.5 Å². The molecule has 0 amide bonds. The van der Waals surface area contributed by atoms with E-state index in [9.17, 15) is 47.4 Å². The SMILES string of the molecule is N#Cc1ccc(-c2ccc3c(c2)c2cc(-c4ccc(C#N)cc4C#N)ccc2n3-c2cc(C#N)cc(-n3c4ccc(-c5ccc(C#N)cc5C#N)cc4c4cc(-c5ccc(C#N)cc5C#N)ccc43)c2-c2cccc(C(F)(F)F)c2)c(C#N)c1. The second kappa shape index (κ2) is 20.3. The van der Waals surface area contributed by atoms with Crippen molar-refractivity contribution in [2.45, 2.75) is 6.18 Å². The predicted molar refractivity (Wildman–Crippen MR) is 310 cm³/mol. The molecule has 11 nitrogen and oxygen atoms in total. The first-order chi connectivity index (χ1) is 40.8. The molecule has 0 aliphatic carbocycles. The molecule has 0 saturated heterocycles. The normalized spacial score (nSPS) is 10.9. The van der Waals surface area contributed by atoms with Gasteiger partial charge in [-0.15, -0.1) is 0 Å². The summed E-state index contributed by atoms with van der Waals surface area (Å²) in [4.78, 5) is 0. The molecule has 0 saturated carbocycles. The maximum atomic E-state index is 15.1. The lowest BCUT2D eigenvalue weighted by Gasteiger charge is -2.21. The maximum absolute atomic E-state index is 15.1. The highest BCUT2D eigenvalue weighted by molar-refractivity contribution is 6.15. The van der Waals surface area contributed by atoms with Gasteiger partial charge >= 0.3 is 6.18 Å². The molecule has 2 heterocycles. The molecule has 0 radical (unpaired) electrons. The van der Waals surface area contributed by atoms with Gasteiger partial charge in [0.15, 0.2) is 0 Å². The highest BCUT2D eigenvalue weighted by Crippen LogP contribution is 2.47. The van der Waals surface area contributed by atoms with E-state index in [1.54, 1.807) is 91.0 Å². The third kappa shape index (κ3) is 8.57. The van der Waals surface area contributed by atoms with Crippen molar-refractivity contribution >= 4 is 43.6 Å². The number of nitrogens with zero attached hydrogens (tertiary/aromatic N) is 11. The van der Waals surface area contributed by atoms with Gasteiger partial charge in [0.05, 0.1) is 144 Å². The molecule has 386 valence electrons. The third-order valence-corrected chi connectivity index (χ3v) is 15.0. The van der Waals surface area contributed by atoms with E-state index in [0.29, 0.717) is 99.5 Å². The van der Waals surface area contributed by atoms with Crippen LogP contribution in [0.1, 0.15) is 55.6 Å². The molecule has 0 N–H and O–H groups in total. The molecule has 2 aromatic heterocycles. The standard InChI is InChI=1S/C70H30F3N11/c71-70(72,73)54-3-1-2-49(26-54)69-67(83-63-16-8-45(55-12-4-40(31-74)20-50(55)36-79)27-59(63)60-28-46(9-17-64(60)83)56-13-5-41(32-75)21-51(56)37-80)24-44(35-78)25-68(69)84-65-18-10-47(57-14-6-42(33-76)22-52(57)38-81)29-61(65)62-30-48(11-19-66(62)84)58-15-7-43(34-77)23-53(58)39-82/h1-30H. The van der Waals surface area contributed by atoms with E-state index in [0.717, 1.165) is 12.1 Å². The summed E-state index contributed by atoms with van der Waals surface area (Å²) in [5, 5.41) is 93.8. The van der Waals surface area contributed by atoms with Gasteiger partial charge in [0, 0.05) is 27.1 Å². The van der Waals surface area contributed by atoms with Crippen molar-refractivity contribution in [3.63, 3.8) is 0 Å². The van der Waals surface area contributed by atoms with Crippen LogP contribution in [0.5, 0.6) is 0 Å². The summed E-state index contributed by atoms with van der Waals surface area (Å²) in [5.74, 6) is 0. The number of alkyl halides is 3. The molecule has 0 bridgehead atoms. The average Bonchev–Trinajstić information content (AvgIpc) is 1.68. The fourth-order valence-electron chi connectivity index (χ4n) is 11.2. The van der Waals surface area contributed by atoms with Crippen LogP contribution in [0.15, 0.2) is 182 Å². The van der Waals surface area contributed by atoms with Gasteiger partial charge < -0.3 is 9.13 Å². The van der Waals surface area contributed by atoms with E-state index < -0.39 is 11.7 Å². The van der Waals surface area contributed by atoms with Crippen LogP contribution in [0.3, 0.4) is 0 Å². The molecule has 0 atom stereocenters. The summed E-state index contributed by atoms with van der Waals surface area (Å²) in [6.45, 7) is 0. The second-order valence-electron chi connectivity index (χ2n) is 19.6. The average molecular weight is 1080 g/mol. The van der Waals surface area contributed by atoms with Gasteiger partial charge in [-0.05, 0) is 171 Å². The number of rotatable bonds is 7. The molecule has 0 spiro atoms. The highest BCUT2D eigenvalue weighted by atomic mass is 19.4. The highest BCUT2D eigenvalue weighted by Gasteiger charge is 2.32. The minimum Gasteiger partial charge on any atom is -0.308 e. The van der Waals surface area contributed by atoms with Crippen molar-refractivity contribution in [2.75, 3.05) is 0 Å². The summed E-state index contributed by atoms with van der Waals surface area (Å²) in [6.07, 6.45) is -4.79. The van der Waals surface area contributed by atoms with Crippen LogP contribution < -0.4 is 0 Å². The van der Waals surface area contributed by atoms with Gasteiger partial charge in [0.1, 0.15) is 0 Å². The lowest BCUT2D eigenvalue weighted by molar-refractivity contribution is -0.137. The van der Waals surface area contributed by atoms with Gasteiger partial charge in [0.2, 0.25) is 0 Å². The molecule has 14 heteroatoms. The molecule has 12 rings (SSSR count). The van der Waals surface area contributed by atoms with Crippen LogP contribution >= 0.6 is 0 Å². The minimum absolute atomic E-state index is 0.127. The Labute approximate surface area is 476 Å². The lowest BCUT2D eigenvalue weighted by atomic mass is 9.95. The van der Waals surface area contributed by atoms with Crippen molar-refractivity contribution < 1.29 is 13.2 Å². The quantitative estimate of drug-likeness (QED) is 0.148. The van der Waals surface area contributed by atoms with Crippen molar-refractivity contribution in [1.82, 2.24) is 9.13 Å². The van der Waals surface area contributed by atoms with Crippen LogP contribution in [0.4, 0.5) is 13.2 Å². The van der Waals surface area contributed by atoms with Crippen LogP contribution in [0.2, 0.25) is 0 Å². The monoisotopic (exact) mass is 1080 g/mol. The van der Waals surface area contributed by atoms with Crippen LogP contribution in [-0.4, -0.2) is 9.13 Å². The van der Waals surface area contributed by atoms with Gasteiger partial charge in [-0.1, -0.05) is 60.7 Å². The zero-order valence-electron chi connectivity index (χ0n) is 43.4. The van der Waals surface area contributed by atoms with E-state index in [4.69, 9.17) is 0 Å². The number of aromatic nitrogens is 2. The largest absolute Gasteiger partial charge is 0.416 e. The first-order valence-electron chi connectivity index (χ1n) is 25.6. The lowest BCUT2D eigenvalue weighted by Crippen LogP contribution is -2.07. The Morgan fingerprint density at radius 2 is 0.595 bits per heavy atom. The number of hydrogen-bond donors (Lipinski definition) is 0. The number of hydrogen-bond acceptors (Lipinski definition) is 9. The summed E-state index contributed by atoms with van der Waals surface area (Å²) in [5.41, 5.74) is 8.93. The van der Waals surface area contributed by atoms with Crippen LogP contribution in [-0.2, 0) is 6.18 Å². The van der Waals surface area contributed by atoms with E-state index in [2.05, 4.69) is 54.6 Å². The Morgan fingerprint density at radius 1 is 0.286 bits per heavy atom. The molecule has 0 unspecified atom stereocenters. The first-order valence-corrected chi connectivity index (χ1v) is 25.6. The summed E-state index contributed by atoms with van der Waals surface area (Å²) in [7, 11) is 0. The molecular weight excluding hydrogens is 1050 g/mol. The number of fused-ring (bicyclic) bond motifs is 6. The molecule has 84 heavy (non-hydrogen) atoms. The van der Waals surface area contributed by atoms with E-state index in [1.807, 2.05) is 57.7 Å². The van der Waals surface area contributed by atoms with E-state index >= 15 is 13.2 Å². The molecule has 10 aromatic carbocycles. The Balaban J connectivity index is 1.22. The number of nitriles is 9. The van der Waals surface area contributed by atoms with E-state index in [-0.39, 0.29) is 61.2 Å². The smallest absolute Gasteiger partial charge is 0.308 e. The predicted octanol–water partition coefficient (Wildman–Crippen LogP) is 16.1. The minimum atomic E-state index is -4.79. The summed E-state index contributed by atoms with van der Waals surface area (Å²) < 4.78 is 49.0. The Hall–Kier alpha value is -13.0. The fourth-order valence-corrected chi connectivity index (χ4v) is 11.2. The van der Waals surface area contributed by atoms with Crippen molar-refractivity contribution in [3.8, 4) is 122 Å². The maximum Gasteiger partial charge on any atom is 0.416 e. The van der Waals surface area contributed by atoms with Crippen molar-refractivity contribution in [3.05, 3.63) is 238 Å². The molecule has 12 aromatic rings.